The lowest BCUT2D eigenvalue weighted by molar-refractivity contribution is 0.0935. The Morgan fingerprint density at radius 2 is 1.84 bits per heavy atom. The molecule has 1 atom stereocenters. The summed E-state index contributed by atoms with van der Waals surface area (Å²) < 4.78 is 3.13. The fourth-order valence-corrected chi connectivity index (χ4v) is 3.97. The smallest absolute Gasteiger partial charge is 0.274 e. The zero-order chi connectivity index (χ0) is 25.9. The second kappa shape index (κ2) is 9.75. The molecule has 182 valence electrons. The van der Waals surface area contributed by atoms with E-state index in [4.69, 9.17) is 10.7 Å². The second-order valence-electron chi connectivity index (χ2n) is 8.29. The number of rotatable bonds is 4. The summed E-state index contributed by atoms with van der Waals surface area (Å²) in [6, 6.07) is 13.8. The molecule has 10 heteroatoms. The number of aromatic nitrogens is 6. The molecule has 4 aromatic heterocycles. The van der Waals surface area contributed by atoms with Gasteiger partial charge >= 0.3 is 0 Å². The zero-order valence-electron chi connectivity index (χ0n) is 20.1. The normalized spacial score (nSPS) is 11.5. The third-order valence-corrected chi connectivity index (χ3v) is 5.68. The van der Waals surface area contributed by atoms with E-state index < -0.39 is 11.9 Å². The van der Waals surface area contributed by atoms with Gasteiger partial charge in [-0.2, -0.15) is 5.10 Å². The highest BCUT2D eigenvalue weighted by molar-refractivity contribution is 5.96. The maximum Gasteiger partial charge on any atom is 0.274 e. The van der Waals surface area contributed by atoms with E-state index in [1.165, 1.54) is 16.8 Å². The molecule has 1 amide bonds. The van der Waals surface area contributed by atoms with Crippen LogP contribution >= 0.6 is 0 Å². The fraction of sp³-hybridized carbons (Fsp3) is 0.111. The van der Waals surface area contributed by atoms with Crippen molar-refractivity contribution in [3.8, 4) is 23.0 Å². The molecule has 37 heavy (non-hydrogen) atoms. The van der Waals surface area contributed by atoms with Crippen molar-refractivity contribution in [1.82, 2.24) is 34.4 Å². The summed E-state index contributed by atoms with van der Waals surface area (Å²) in [6.07, 6.45) is 6.24. The zero-order valence-corrected chi connectivity index (χ0v) is 20.1. The summed E-state index contributed by atoms with van der Waals surface area (Å²) in [5.41, 5.74) is 8.55. The molecule has 0 aliphatic rings. The molecule has 1 aromatic carbocycles. The van der Waals surface area contributed by atoms with E-state index in [0.717, 1.165) is 5.56 Å². The van der Waals surface area contributed by atoms with Crippen molar-refractivity contribution in [3.63, 3.8) is 0 Å². The second-order valence-corrected chi connectivity index (χ2v) is 8.29. The molecule has 0 saturated heterocycles. The molecule has 0 bridgehead atoms. The predicted octanol–water partition coefficient (Wildman–Crippen LogP) is 2.36. The third kappa shape index (κ3) is 4.66. The lowest BCUT2D eigenvalue weighted by Crippen LogP contribution is -2.31. The number of pyridine rings is 1. The van der Waals surface area contributed by atoms with Crippen molar-refractivity contribution in [1.29, 1.82) is 0 Å². The number of nitrogen functional groups attached to an aromatic ring is 1. The molecule has 1 unspecified atom stereocenters. The van der Waals surface area contributed by atoms with Gasteiger partial charge in [-0.3, -0.25) is 18.7 Å². The largest absolute Gasteiger partial charge is 0.382 e. The van der Waals surface area contributed by atoms with E-state index in [2.05, 4.69) is 32.2 Å². The number of fused-ring (bicyclic) bond motifs is 1. The van der Waals surface area contributed by atoms with Crippen LogP contribution in [0, 0.1) is 11.8 Å². The summed E-state index contributed by atoms with van der Waals surface area (Å²) in [7, 11) is 1.81. The summed E-state index contributed by atoms with van der Waals surface area (Å²) in [5.74, 6) is 5.61. The van der Waals surface area contributed by atoms with Crippen molar-refractivity contribution in [2.24, 2.45) is 7.05 Å². The van der Waals surface area contributed by atoms with Crippen LogP contribution in [0.5, 0.6) is 0 Å². The van der Waals surface area contributed by atoms with Gasteiger partial charge in [0.15, 0.2) is 11.5 Å². The first kappa shape index (κ1) is 23.4. The minimum absolute atomic E-state index is 0.00100. The standard InChI is InChI=1S/C27H22N8O2/c1-17(32-26(36)24-25(28)30-14-13-29-24)23-22(19-7-4-3-5-8-19)27(37)35-20(9-6-10-21(35)33-23)12-11-18-15-31-34(2)16-18/h3-10,13-17H,1-2H3,(H2,28,30)(H,32,36). The van der Waals surface area contributed by atoms with E-state index in [9.17, 15) is 9.59 Å². The number of hydrogen-bond acceptors (Lipinski definition) is 7. The number of nitrogens with two attached hydrogens (primary N) is 1. The number of nitrogens with one attached hydrogen (secondary N) is 1. The van der Waals surface area contributed by atoms with Crippen molar-refractivity contribution in [2.75, 3.05) is 5.73 Å². The van der Waals surface area contributed by atoms with E-state index in [1.807, 2.05) is 37.4 Å². The fourth-order valence-electron chi connectivity index (χ4n) is 3.97. The molecular weight excluding hydrogens is 468 g/mol. The van der Waals surface area contributed by atoms with Gasteiger partial charge in [0.25, 0.3) is 11.5 Å². The molecule has 5 rings (SSSR count). The van der Waals surface area contributed by atoms with Crippen molar-refractivity contribution >= 4 is 17.4 Å². The number of carbonyl (C=O) groups excluding carboxylic acids is 1. The Balaban J connectivity index is 1.65. The highest BCUT2D eigenvalue weighted by Gasteiger charge is 2.23. The van der Waals surface area contributed by atoms with Crippen LogP contribution in [-0.4, -0.2) is 35.0 Å². The van der Waals surface area contributed by atoms with E-state index in [1.54, 1.807) is 42.2 Å². The quantitative estimate of drug-likeness (QED) is 0.370. The Labute approximate surface area is 211 Å². The molecule has 0 fully saturated rings. The highest BCUT2D eigenvalue weighted by atomic mass is 16.2. The Morgan fingerprint density at radius 3 is 2.57 bits per heavy atom. The molecule has 4 heterocycles. The van der Waals surface area contributed by atoms with Gasteiger partial charge in [-0.05, 0) is 30.5 Å². The highest BCUT2D eigenvalue weighted by Crippen LogP contribution is 2.25. The molecular formula is C27H22N8O2. The van der Waals surface area contributed by atoms with Gasteiger partial charge in [0, 0.05) is 25.6 Å². The predicted molar refractivity (Wildman–Crippen MR) is 138 cm³/mol. The molecule has 5 aromatic rings. The lowest BCUT2D eigenvalue weighted by atomic mass is 10.0. The van der Waals surface area contributed by atoms with E-state index >= 15 is 0 Å². The van der Waals surface area contributed by atoms with Crippen molar-refractivity contribution in [3.05, 3.63) is 106 Å². The van der Waals surface area contributed by atoms with E-state index in [0.29, 0.717) is 28.2 Å². The molecule has 0 spiro atoms. The van der Waals surface area contributed by atoms with Crippen LogP contribution in [0.3, 0.4) is 0 Å². The van der Waals surface area contributed by atoms with Crippen LogP contribution in [0.25, 0.3) is 16.8 Å². The first-order valence-corrected chi connectivity index (χ1v) is 11.4. The Kier molecular flexibility index (Phi) is 6.18. The van der Waals surface area contributed by atoms with Crippen LogP contribution in [0.15, 0.2) is 78.1 Å². The van der Waals surface area contributed by atoms with Crippen LogP contribution in [0.4, 0.5) is 5.82 Å². The molecule has 0 radical (unpaired) electrons. The molecule has 0 aliphatic heterocycles. The van der Waals surface area contributed by atoms with Crippen molar-refractivity contribution < 1.29 is 4.79 Å². The number of benzene rings is 1. The third-order valence-electron chi connectivity index (χ3n) is 5.68. The minimum atomic E-state index is -0.646. The summed E-state index contributed by atoms with van der Waals surface area (Å²) >= 11 is 0. The summed E-state index contributed by atoms with van der Waals surface area (Å²) in [5, 5.41) is 6.98. The van der Waals surface area contributed by atoms with Gasteiger partial charge < -0.3 is 11.1 Å². The number of hydrogen-bond donors (Lipinski definition) is 2. The van der Waals surface area contributed by atoms with Gasteiger partial charge in [0.05, 0.1) is 29.1 Å². The average Bonchev–Trinajstić information content (AvgIpc) is 3.32. The van der Waals surface area contributed by atoms with Crippen LogP contribution in [0.2, 0.25) is 0 Å². The van der Waals surface area contributed by atoms with Gasteiger partial charge in [-0.1, -0.05) is 42.3 Å². The Morgan fingerprint density at radius 1 is 1.05 bits per heavy atom. The Bertz CT molecular complexity index is 1750. The average molecular weight is 491 g/mol. The van der Waals surface area contributed by atoms with Crippen molar-refractivity contribution in [2.45, 2.75) is 13.0 Å². The minimum Gasteiger partial charge on any atom is -0.382 e. The first-order chi connectivity index (χ1) is 17.9. The lowest BCUT2D eigenvalue weighted by Gasteiger charge is -2.18. The van der Waals surface area contributed by atoms with Gasteiger partial charge in [0.2, 0.25) is 0 Å². The number of carbonyl (C=O) groups is 1. The van der Waals surface area contributed by atoms with Gasteiger partial charge in [-0.15, -0.1) is 0 Å². The maximum atomic E-state index is 14.0. The maximum absolute atomic E-state index is 14.0. The number of anilines is 1. The molecule has 3 N–H and O–H groups in total. The van der Waals surface area contributed by atoms with Crippen LogP contribution in [-0.2, 0) is 7.05 Å². The topological polar surface area (TPSA) is 133 Å². The Hall–Kier alpha value is -5.30. The molecule has 0 aliphatic carbocycles. The van der Waals surface area contributed by atoms with Crippen LogP contribution < -0.4 is 16.6 Å². The number of nitrogens with zero attached hydrogens (tertiary/aromatic N) is 6. The van der Waals surface area contributed by atoms with Gasteiger partial charge in [0.1, 0.15) is 11.3 Å². The monoisotopic (exact) mass is 490 g/mol. The first-order valence-electron chi connectivity index (χ1n) is 11.4. The number of aryl methyl sites for hydroxylation is 1. The summed E-state index contributed by atoms with van der Waals surface area (Å²) in [6.45, 7) is 1.75. The summed E-state index contributed by atoms with van der Waals surface area (Å²) in [4.78, 5) is 39.6. The van der Waals surface area contributed by atoms with E-state index in [-0.39, 0.29) is 17.1 Å². The SMILES string of the molecule is CC(NC(=O)c1nccnc1N)c1nc2cccc(C#Cc3cnn(C)c3)n2c(=O)c1-c1ccccc1. The number of amides is 1. The van der Waals surface area contributed by atoms with Crippen LogP contribution in [0.1, 0.15) is 40.4 Å². The molecule has 10 nitrogen and oxygen atoms in total. The molecule has 0 saturated carbocycles. The van der Waals surface area contributed by atoms with Gasteiger partial charge in [-0.25, -0.2) is 15.0 Å².